The molecule has 1 atom stereocenters. The van der Waals surface area contributed by atoms with E-state index in [9.17, 15) is 9.18 Å². The van der Waals surface area contributed by atoms with Crippen molar-refractivity contribution in [2.75, 3.05) is 11.9 Å². The topological polar surface area (TPSA) is 38.3 Å². The van der Waals surface area contributed by atoms with Crippen molar-refractivity contribution in [1.29, 1.82) is 0 Å². The Labute approximate surface area is 120 Å². The Balaban J connectivity index is 3.02. The number of benzene rings is 1. The lowest BCUT2D eigenvalue weighted by molar-refractivity contribution is -0.149. The first-order valence-corrected chi connectivity index (χ1v) is 7.29. The Kier molecular flexibility index (Phi) is 6.49. The molecule has 3 nitrogen and oxygen atoms in total. The smallest absolute Gasteiger partial charge is 0.331 e. The van der Waals surface area contributed by atoms with Crippen LogP contribution < -0.4 is 5.32 Å². The van der Waals surface area contributed by atoms with Gasteiger partial charge in [-0.2, -0.15) is 0 Å². The SMILES string of the molecule is CCCCC(CC)(Nc1ccccc1F)C(=O)OCC. The van der Waals surface area contributed by atoms with E-state index in [1.165, 1.54) is 6.07 Å². The van der Waals surface area contributed by atoms with Crippen LogP contribution in [0.3, 0.4) is 0 Å². The van der Waals surface area contributed by atoms with Crippen molar-refractivity contribution in [3.63, 3.8) is 0 Å². The van der Waals surface area contributed by atoms with E-state index in [4.69, 9.17) is 4.74 Å². The highest BCUT2D eigenvalue weighted by Gasteiger charge is 2.38. The second kappa shape index (κ2) is 7.88. The molecule has 0 radical (unpaired) electrons. The predicted molar refractivity (Wildman–Crippen MR) is 79.2 cm³/mol. The summed E-state index contributed by atoms with van der Waals surface area (Å²) in [7, 11) is 0. The van der Waals surface area contributed by atoms with Crippen LogP contribution in [0.1, 0.15) is 46.5 Å². The van der Waals surface area contributed by atoms with Crippen molar-refractivity contribution in [2.24, 2.45) is 0 Å². The number of anilines is 1. The Morgan fingerprint density at radius 3 is 2.55 bits per heavy atom. The standard InChI is InChI=1S/C16H24FNO2/c1-4-7-12-16(5-2,15(19)20-6-3)18-14-11-9-8-10-13(14)17/h8-11,18H,4-7,12H2,1-3H3. The molecule has 0 aromatic heterocycles. The van der Waals surface area contributed by atoms with Crippen LogP contribution in [0.5, 0.6) is 0 Å². The maximum atomic E-state index is 13.8. The zero-order valence-corrected chi connectivity index (χ0v) is 12.5. The largest absolute Gasteiger partial charge is 0.464 e. The average Bonchev–Trinajstić information content (AvgIpc) is 2.46. The normalized spacial score (nSPS) is 13.6. The molecule has 0 spiro atoms. The number of hydrogen-bond donors (Lipinski definition) is 1. The maximum absolute atomic E-state index is 13.8. The highest BCUT2D eigenvalue weighted by Crippen LogP contribution is 2.27. The number of nitrogens with one attached hydrogen (secondary N) is 1. The summed E-state index contributed by atoms with van der Waals surface area (Å²) in [5, 5.41) is 3.08. The van der Waals surface area contributed by atoms with E-state index in [1.54, 1.807) is 25.1 Å². The third kappa shape index (κ3) is 3.95. The molecule has 0 aliphatic heterocycles. The Morgan fingerprint density at radius 2 is 2.00 bits per heavy atom. The van der Waals surface area contributed by atoms with Gasteiger partial charge in [-0.3, -0.25) is 0 Å². The zero-order chi connectivity index (χ0) is 15.0. The van der Waals surface area contributed by atoms with Crippen molar-refractivity contribution in [3.05, 3.63) is 30.1 Å². The van der Waals surface area contributed by atoms with E-state index in [1.807, 2.05) is 6.92 Å². The molecule has 1 aromatic rings. The second-order valence-electron chi connectivity index (χ2n) is 4.86. The number of halogens is 1. The molecular formula is C16H24FNO2. The van der Waals surface area contributed by atoms with E-state index in [0.29, 0.717) is 25.1 Å². The third-order valence-corrected chi connectivity index (χ3v) is 3.47. The molecule has 112 valence electrons. The summed E-state index contributed by atoms with van der Waals surface area (Å²) in [5.41, 5.74) is -0.507. The maximum Gasteiger partial charge on any atom is 0.331 e. The highest BCUT2D eigenvalue weighted by atomic mass is 19.1. The molecule has 4 heteroatoms. The lowest BCUT2D eigenvalue weighted by Crippen LogP contribution is -2.47. The number of para-hydroxylation sites is 1. The van der Waals surface area contributed by atoms with Gasteiger partial charge in [0.2, 0.25) is 0 Å². The van der Waals surface area contributed by atoms with Gasteiger partial charge in [0.25, 0.3) is 0 Å². The number of carbonyl (C=O) groups is 1. The second-order valence-corrected chi connectivity index (χ2v) is 4.86. The molecule has 0 aliphatic rings. The molecule has 0 amide bonds. The van der Waals surface area contributed by atoms with Crippen molar-refractivity contribution < 1.29 is 13.9 Å². The average molecular weight is 281 g/mol. The van der Waals surface area contributed by atoms with Gasteiger partial charge in [-0.15, -0.1) is 0 Å². The first-order chi connectivity index (χ1) is 9.59. The van der Waals surface area contributed by atoms with Gasteiger partial charge in [-0.1, -0.05) is 38.8 Å². The summed E-state index contributed by atoms with van der Waals surface area (Å²) in [6.45, 7) is 6.09. The van der Waals surface area contributed by atoms with Gasteiger partial charge in [0.15, 0.2) is 0 Å². The number of carbonyl (C=O) groups excluding carboxylic acids is 1. The lowest BCUT2D eigenvalue weighted by atomic mass is 9.89. The molecule has 0 saturated carbocycles. The highest BCUT2D eigenvalue weighted by molar-refractivity contribution is 5.84. The van der Waals surface area contributed by atoms with Crippen LogP contribution >= 0.6 is 0 Å². The fraction of sp³-hybridized carbons (Fsp3) is 0.562. The molecule has 0 fully saturated rings. The van der Waals surface area contributed by atoms with Crippen LogP contribution in [0.2, 0.25) is 0 Å². The zero-order valence-electron chi connectivity index (χ0n) is 12.5. The van der Waals surface area contributed by atoms with E-state index >= 15 is 0 Å². The van der Waals surface area contributed by atoms with Crippen molar-refractivity contribution in [3.8, 4) is 0 Å². The summed E-state index contributed by atoms with van der Waals surface area (Å²) < 4.78 is 19.0. The molecule has 1 rings (SSSR count). The molecule has 0 bridgehead atoms. The first kappa shape index (κ1) is 16.5. The monoisotopic (exact) mass is 281 g/mol. The van der Waals surface area contributed by atoms with Gasteiger partial charge in [-0.25, -0.2) is 9.18 Å². The quantitative estimate of drug-likeness (QED) is 0.728. The van der Waals surface area contributed by atoms with Gasteiger partial charge in [-0.05, 0) is 31.9 Å². The molecule has 1 N–H and O–H groups in total. The van der Waals surface area contributed by atoms with Gasteiger partial charge in [0, 0.05) is 0 Å². The molecule has 0 heterocycles. The van der Waals surface area contributed by atoms with Crippen LogP contribution in [0.15, 0.2) is 24.3 Å². The number of hydrogen-bond acceptors (Lipinski definition) is 3. The minimum Gasteiger partial charge on any atom is -0.464 e. The summed E-state index contributed by atoms with van der Waals surface area (Å²) in [6, 6.07) is 6.40. The van der Waals surface area contributed by atoms with Gasteiger partial charge in [0.1, 0.15) is 11.4 Å². The van der Waals surface area contributed by atoms with E-state index in [-0.39, 0.29) is 11.8 Å². The van der Waals surface area contributed by atoms with E-state index < -0.39 is 5.54 Å². The van der Waals surface area contributed by atoms with Gasteiger partial charge < -0.3 is 10.1 Å². The molecule has 1 aromatic carbocycles. The van der Waals surface area contributed by atoms with Gasteiger partial charge in [0.05, 0.1) is 12.3 Å². The minimum absolute atomic E-state index is 0.306. The number of ether oxygens (including phenoxy) is 1. The first-order valence-electron chi connectivity index (χ1n) is 7.29. The van der Waals surface area contributed by atoms with Crippen molar-refractivity contribution in [2.45, 2.75) is 52.0 Å². The molecule has 0 aliphatic carbocycles. The molecule has 20 heavy (non-hydrogen) atoms. The lowest BCUT2D eigenvalue weighted by Gasteiger charge is -2.32. The Bertz CT molecular complexity index is 436. The number of esters is 1. The summed E-state index contributed by atoms with van der Waals surface area (Å²) in [5.74, 6) is -0.662. The van der Waals surface area contributed by atoms with Crippen LogP contribution in [0, 0.1) is 5.82 Å². The number of rotatable bonds is 8. The third-order valence-electron chi connectivity index (χ3n) is 3.47. The minimum atomic E-state index is -0.853. The summed E-state index contributed by atoms with van der Waals surface area (Å²) in [4.78, 5) is 12.3. The van der Waals surface area contributed by atoms with Crippen molar-refractivity contribution in [1.82, 2.24) is 0 Å². The molecular weight excluding hydrogens is 257 g/mol. The predicted octanol–water partition coefficient (Wildman–Crippen LogP) is 4.14. The number of unbranched alkanes of at least 4 members (excludes halogenated alkanes) is 1. The van der Waals surface area contributed by atoms with E-state index in [2.05, 4.69) is 12.2 Å². The Hall–Kier alpha value is -1.58. The van der Waals surface area contributed by atoms with Crippen LogP contribution in [0.25, 0.3) is 0 Å². The van der Waals surface area contributed by atoms with Crippen LogP contribution in [-0.4, -0.2) is 18.1 Å². The summed E-state index contributed by atoms with van der Waals surface area (Å²) >= 11 is 0. The molecule has 1 unspecified atom stereocenters. The Morgan fingerprint density at radius 1 is 1.30 bits per heavy atom. The molecule has 0 saturated heterocycles. The van der Waals surface area contributed by atoms with Crippen LogP contribution in [-0.2, 0) is 9.53 Å². The van der Waals surface area contributed by atoms with Crippen LogP contribution in [0.4, 0.5) is 10.1 Å². The fourth-order valence-electron chi connectivity index (χ4n) is 2.19. The fourth-order valence-corrected chi connectivity index (χ4v) is 2.19. The summed E-state index contributed by atoms with van der Waals surface area (Å²) in [6.07, 6.45) is 3.04. The van der Waals surface area contributed by atoms with Gasteiger partial charge >= 0.3 is 5.97 Å². The van der Waals surface area contributed by atoms with Crippen molar-refractivity contribution >= 4 is 11.7 Å². The van der Waals surface area contributed by atoms with E-state index in [0.717, 1.165) is 12.8 Å².